The number of unbranched alkanes of at least 4 members (excludes halogenated alkanes) is 3. The molecule has 4 nitrogen and oxygen atoms in total. The van der Waals surface area contributed by atoms with Gasteiger partial charge in [-0.1, -0.05) is 12.8 Å². The molecule has 0 aliphatic rings. The number of nitrogens with two attached hydrogens (primary N) is 1. The van der Waals surface area contributed by atoms with Crippen LogP contribution in [0.25, 0.3) is 0 Å². The highest BCUT2D eigenvalue weighted by atomic mass is 32.2. The van der Waals surface area contributed by atoms with E-state index >= 15 is 0 Å². The molecule has 0 radical (unpaired) electrons. The summed E-state index contributed by atoms with van der Waals surface area (Å²) in [5, 5.41) is 0. The normalized spacial score (nSPS) is 10.7. The van der Waals surface area contributed by atoms with E-state index in [0.29, 0.717) is 13.2 Å². The summed E-state index contributed by atoms with van der Waals surface area (Å²) in [4.78, 5) is 0. The Bertz CT molecular complexity index is 139. The van der Waals surface area contributed by atoms with Crippen molar-refractivity contribution in [1.82, 2.24) is 0 Å². The van der Waals surface area contributed by atoms with Gasteiger partial charge in [0.25, 0.3) is 11.0 Å². The number of rotatable bonds is 7. The average Bonchev–Trinajstić information content (AvgIpc) is 1.96. The van der Waals surface area contributed by atoms with Gasteiger partial charge in [-0.05, 0) is 19.4 Å². The average molecular weight is 181 g/mol. The third-order valence-corrected chi connectivity index (χ3v) is 1.69. The third-order valence-electron chi connectivity index (χ3n) is 1.30. The number of hydrogen-bond acceptors (Lipinski definition) is 4. The summed E-state index contributed by atoms with van der Waals surface area (Å²) in [5.41, 5.74) is 5.26. The zero-order valence-corrected chi connectivity index (χ0v) is 7.39. The zero-order valence-electron chi connectivity index (χ0n) is 6.49. The summed E-state index contributed by atoms with van der Waals surface area (Å²) in [7, 11) is -2.65. The van der Waals surface area contributed by atoms with Crippen molar-refractivity contribution in [3.8, 4) is 0 Å². The molecule has 0 rings (SSSR count). The van der Waals surface area contributed by atoms with Crippen LogP contribution in [-0.4, -0.2) is 21.6 Å². The summed E-state index contributed by atoms with van der Waals surface area (Å²) in [6, 6.07) is 0. The first-order chi connectivity index (χ1) is 5.27. The van der Waals surface area contributed by atoms with Crippen LogP contribution in [0.15, 0.2) is 0 Å². The lowest BCUT2D eigenvalue weighted by molar-refractivity contribution is 0.320. The fraction of sp³-hybridized carbons (Fsp3) is 1.00. The second kappa shape index (κ2) is 7.97. The molecule has 2 N–H and O–H groups in total. The first-order valence-corrected chi connectivity index (χ1v) is 4.84. The number of hydrogen-bond donors (Lipinski definition) is 2. The van der Waals surface area contributed by atoms with Gasteiger partial charge in [0.05, 0.1) is 6.61 Å². The topological polar surface area (TPSA) is 69.4 Å². The standard InChI is InChI=1S/C6H15NO3S/c7-5-3-1-2-4-6-10-11(8)9/h11H,1-7H2. The van der Waals surface area contributed by atoms with E-state index in [1.807, 2.05) is 0 Å². The van der Waals surface area contributed by atoms with E-state index in [9.17, 15) is 8.42 Å². The summed E-state index contributed by atoms with van der Waals surface area (Å²) < 4.78 is 24.1. The fourth-order valence-electron chi connectivity index (χ4n) is 0.739. The lowest BCUT2D eigenvalue weighted by Gasteiger charge is -1.96. The molecule has 0 spiro atoms. The summed E-state index contributed by atoms with van der Waals surface area (Å²) in [6.45, 7) is 1.01. The molecule has 0 atom stereocenters. The maximum Gasteiger partial charge on any atom is 0.257 e. The van der Waals surface area contributed by atoms with Gasteiger partial charge >= 0.3 is 0 Å². The molecule has 0 saturated heterocycles. The van der Waals surface area contributed by atoms with Gasteiger partial charge in [-0.25, -0.2) is 8.42 Å². The van der Waals surface area contributed by atoms with Crippen molar-refractivity contribution >= 4 is 11.0 Å². The Kier molecular flexibility index (Phi) is 7.88. The maximum absolute atomic E-state index is 9.88. The van der Waals surface area contributed by atoms with Crippen molar-refractivity contribution in [2.45, 2.75) is 25.7 Å². The SMILES string of the molecule is NCCCCCCO[SH](=O)=O. The van der Waals surface area contributed by atoms with Crippen molar-refractivity contribution in [3.05, 3.63) is 0 Å². The smallest absolute Gasteiger partial charge is 0.257 e. The van der Waals surface area contributed by atoms with Gasteiger partial charge < -0.3 is 5.73 Å². The zero-order chi connectivity index (χ0) is 8.53. The minimum absolute atomic E-state index is 0.309. The van der Waals surface area contributed by atoms with Crippen LogP contribution in [0.3, 0.4) is 0 Å². The molecule has 0 aliphatic carbocycles. The molecule has 0 bridgehead atoms. The van der Waals surface area contributed by atoms with Gasteiger partial charge in [0.2, 0.25) is 0 Å². The van der Waals surface area contributed by atoms with Crippen molar-refractivity contribution in [3.63, 3.8) is 0 Å². The van der Waals surface area contributed by atoms with Crippen LogP contribution in [0.4, 0.5) is 0 Å². The van der Waals surface area contributed by atoms with Crippen molar-refractivity contribution in [1.29, 1.82) is 0 Å². The van der Waals surface area contributed by atoms with Crippen LogP contribution in [0.5, 0.6) is 0 Å². The van der Waals surface area contributed by atoms with Gasteiger partial charge in [-0.2, -0.15) is 0 Å². The van der Waals surface area contributed by atoms with Crippen LogP contribution >= 0.6 is 0 Å². The van der Waals surface area contributed by atoms with Crippen LogP contribution in [-0.2, 0) is 15.2 Å². The van der Waals surface area contributed by atoms with E-state index in [2.05, 4.69) is 4.18 Å². The number of thiol groups is 1. The lowest BCUT2D eigenvalue weighted by Crippen LogP contribution is -1.98. The van der Waals surface area contributed by atoms with Gasteiger partial charge in [0.1, 0.15) is 0 Å². The first-order valence-electron chi connectivity index (χ1n) is 3.74. The molecule has 0 aromatic rings. The summed E-state index contributed by atoms with van der Waals surface area (Å²) >= 11 is 0. The molecule has 0 aromatic heterocycles. The highest BCUT2D eigenvalue weighted by Crippen LogP contribution is 1.98. The van der Waals surface area contributed by atoms with Gasteiger partial charge in [-0.15, -0.1) is 0 Å². The molecule has 0 amide bonds. The second-order valence-corrected chi connectivity index (χ2v) is 2.97. The molecule has 0 unspecified atom stereocenters. The van der Waals surface area contributed by atoms with E-state index in [1.54, 1.807) is 0 Å². The Balaban J connectivity index is 2.90. The van der Waals surface area contributed by atoms with Crippen molar-refractivity contribution in [2.75, 3.05) is 13.2 Å². The highest BCUT2D eigenvalue weighted by molar-refractivity contribution is 7.67. The Morgan fingerprint density at radius 2 is 1.73 bits per heavy atom. The van der Waals surface area contributed by atoms with E-state index in [-0.39, 0.29) is 0 Å². The van der Waals surface area contributed by atoms with Crippen molar-refractivity contribution in [2.24, 2.45) is 5.73 Å². The summed E-state index contributed by atoms with van der Waals surface area (Å²) in [6.07, 6.45) is 3.84. The van der Waals surface area contributed by atoms with E-state index in [0.717, 1.165) is 25.7 Å². The molecule has 68 valence electrons. The first kappa shape index (κ1) is 10.9. The Hall–Kier alpha value is -0.130. The minimum atomic E-state index is -2.65. The Labute approximate surface area is 68.9 Å². The van der Waals surface area contributed by atoms with E-state index in [1.165, 1.54) is 0 Å². The van der Waals surface area contributed by atoms with Crippen molar-refractivity contribution < 1.29 is 12.6 Å². The minimum Gasteiger partial charge on any atom is -0.330 e. The van der Waals surface area contributed by atoms with Gasteiger partial charge in [0, 0.05) is 0 Å². The molecular weight excluding hydrogens is 166 g/mol. The highest BCUT2D eigenvalue weighted by Gasteiger charge is 1.89. The molecule has 0 fully saturated rings. The van der Waals surface area contributed by atoms with Crippen LogP contribution < -0.4 is 5.73 Å². The molecule has 0 saturated carbocycles. The predicted molar refractivity (Wildman–Crippen MR) is 43.8 cm³/mol. The van der Waals surface area contributed by atoms with E-state index < -0.39 is 11.0 Å². The quantitative estimate of drug-likeness (QED) is 0.430. The van der Waals surface area contributed by atoms with E-state index in [4.69, 9.17) is 5.73 Å². The lowest BCUT2D eigenvalue weighted by atomic mass is 10.2. The third kappa shape index (κ3) is 9.87. The van der Waals surface area contributed by atoms with Gasteiger partial charge in [0.15, 0.2) is 0 Å². The maximum atomic E-state index is 9.88. The molecule has 0 aliphatic heterocycles. The summed E-state index contributed by atoms with van der Waals surface area (Å²) in [5.74, 6) is 0. The fourth-order valence-corrected chi connectivity index (χ4v) is 1.02. The molecule has 0 heterocycles. The Morgan fingerprint density at radius 3 is 2.27 bits per heavy atom. The molecule has 0 aromatic carbocycles. The van der Waals surface area contributed by atoms with Gasteiger partial charge in [-0.3, -0.25) is 4.18 Å². The largest absolute Gasteiger partial charge is 0.330 e. The van der Waals surface area contributed by atoms with Crippen LogP contribution in [0.1, 0.15) is 25.7 Å². The molecule has 5 heteroatoms. The Morgan fingerprint density at radius 1 is 1.09 bits per heavy atom. The predicted octanol–water partition coefficient (Wildman–Crippen LogP) is 0.0485. The molecule has 11 heavy (non-hydrogen) atoms. The van der Waals surface area contributed by atoms with Crippen LogP contribution in [0, 0.1) is 0 Å². The van der Waals surface area contributed by atoms with Crippen LogP contribution in [0.2, 0.25) is 0 Å². The monoisotopic (exact) mass is 181 g/mol. The second-order valence-electron chi connectivity index (χ2n) is 2.26. The molecular formula is C6H15NO3S.